The van der Waals surface area contributed by atoms with Gasteiger partial charge in [0.1, 0.15) is 0 Å². The zero-order valence-electron chi connectivity index (χ0n) is 17.6. The van der Waals surface area contributed by atoms with E-state index in [4.69, 9.17) is 11.6 Å². The molecule has 0 unspecified atom stereocenters. The fourth-order valence-electron chi connectivity index (χ4n) is 5.01. The summed E-state index contributed by atoms with van der Waals surface area (Å²) in [5.41, 5.74) is 0.638. The fraction of sp³-hybridized carbons (Fsp3) is 0.167. The first-order valence-electron chi connectivity index (χ1n) is 10.3. The number of nitrogens with zero attached hydrogens (tertiary/aromatic N) is 2. The third kappa shape index (κ3) is 2.77. The van der Waals surface area contributed by atoms with Crippen LogP contribution in [-0.4, -0.2) is 19.5 Å². The Hall–Kier alpha value is -3.36. The van der Waals surface area contributed by atoms with Crippen LogP contribution in [0.4, 0.5) is 11.4 Å². The summed E-state index contributed by atoms with van der Waals surface area (Å²) in [6, 6.07) is 18.2. The lowest BCUT2D eigenvalue weighted by atomic mass is 9.71. The van der Waals surface area contributed by atoms with Crippen LogP contribution in [-0.2, 0) is 15.6 Å². The second kappa shape index (κ2) is 7.33. The number of para-hydroxylation sites is 2. The van der Waals surface area contributed by atoms with Crippen LogP contribution in [0.5, 0.6) is 0 Å². The maximum atomic E-state index is 14.0. The van der Waals surface area contributed by atoms with Crippen molar-refractivity contribution in [3.63, 3.8) is 0 Å². The van der Waals surface area contributed by atoms with Gasteiger partial charge in [0.05, 0.1) is 27.1 Å². The van der Waals surface area contributed by atoms with Crippen molar-refractivity contribution < 1.29 is 13.3 Å². The molecule has 0 aliphatic carbocycles. The van der Waals surface area contributed by atoms with E-state index in [1.54, 1.807) is 54.6 Å². The Labute approximate surface area is 196 Å². The van der Waals surface area contributed by atoms with E-state index in [0.717, 1.165) is 9.87 Å². The molecule has 7 nitrogen and oxygen atoms in total. The summed E-state index contributed by atoms with van der Waals surface area (Å²) in [7, 11) is -4.22. The molecule has 0 aromatic heterocycles. The number of fused-ring (bicyclic) bond motifs is 4. The second-order valence-electron chi connectivity index (χ2n) is 8.18. The van der Waals surface area contributed by atoms with Crippen LogP contribution in [0.15, 0.2) is 84.3 Å². The van der Waals surface area contributed by atoms with Crippen molar-refractivity contribution in [2.75, 3.05) is 9.62 Å². The minimum Gasteiger partial charge on any atom is -0.358 e. The third-order valence-corrected chi connectivity index (χ3v) is 8.55. The maximum Gasteiger partial charge on any atom is 0.298 e. The van der Waals surface area contributed by atoms with Crippen molar-refractivity contribution in [3.8, 4) is 0 Å². The first kappa shape index (κ1) is 21.5. The Balaban J connectivity index is 1.86. The quantitative estimate of drug-likeness (QED) is 0.320. The van der Waals surface area contributed by atoms with Crippen LogP contribution in [0.1, 0.15) is 22.6 Å². The molecule has 3 atom stereocenters. The number of nitro groups is 1. The van der Waals surface area contributed by atoms with Crippen molar-refractivity contribution >= 4 is 33.0 Å². The summed E-state index contributed by atoms with van der Waals surface area (Å²) in [6.07, 6.45) is 0.258. The van der Waals surface area contributed by atoms with Crippen LogP contribution >= 0.6 is 11.6 Å². The standard InChI is InChI=1S/C24H20ClN3O4S/c1-3-18-17-7-4-5-10-21(17)26-23-24(18,28(29)30)19-8-6-9-20(25)22(19)27(23)33(31,32)16-13-11-15(2)12-14-16/h3-14,18,23,26H,1H2,2H3/t18-,23+,24+/m0/s1. The molecule has 2 aliphatic rings. The Kier molecular flexibility index (Phi) is 4.77. The lowest BCUT2D eigenvalue weighted by Crippen LogP contribution is -2.60. The normalized spacial score (nSPS) is 23.2. The first-order chi connectivity index (χ1) is 15.7. The van der Waals surface area contributed by atoms with E-state index in [2.05, 4.69) is 11.9 Å². The number of anilines is 2. The van der Waals surface area contributed by atoms with Gasteiger partial charge in [-0.1, -0.05) is 59.6 Å². The zero-order valence-corrected chi connectivity index (χ0v) is 19.2. The largest absolute Gasteiger partial charge is 0.358 e. The van der Waals surface area contributed by atoms with Gasteiger partial charge in [-0.05, 0) is 42.8 Å². The van der Waals surface area contributed by atoms with Gasteiger partial charge >= 0.3 is 0 Å². The second-order valence-corrected chi connectivity index (χ2v) is 10.4. The van der Waals surface area contributed by atoms with Gasteiger partial charge in [0.15, 0.2) is 6.17 Å². The minimum atomic E-state index is -4.22. The van der Waals surface area contributed by atoms with Gasteiger partial charge in [-0.15, -0.1) is 6.58 Å². The van der Waals surface area contributed by atoms with Crippen molar-refractivity contribution in [1.82, 2.24) is 0 Å². The van der Waals surface area contributed by atoms with E-state index < -0.39 is 32.6 Å². The van der Waals surface area contributed by atoms with Crippen molar-refractivity contribution in [1.29, 1.82) is 0 Å². The molecule has 0 saturated carbocycles. The van der Waals surface area contributed by atoms with Crippen LogP contribution in [0.2, 0.25) is 5.02 Å². The van der Waals surface area contributed by atoms with E-state index in [0.29, 0.717) is 11.3 Å². The van der Waals surface area contributed by atoms with Crippen LogP contribution in [0.3, 0.4) is 0 Å². The maximum absolute atomic E-state index is 14.0. The molecule has 0 saturated heterocycles. The third-order valence-electron chi connectivity index (χ3n) is 6.47. The summed E-state index contributed by atoms with van der Waals surface area (Å²) < 4.78 is 29.0. The molecule has 33 heavy (non-hydrogen) atoms. The van der Waals surface area contributed by atoms with E-state index in [1.165, 1.54) is 18.2 Å². The van der Waals surface area contributed by atoms with Gasteiger partial charge in [-0.25, -0.2) is 12.7 Å². The first-order valence-corrected chi connectivity index (χ1v) is 12.1. The smallest absolute Gasteiger partial charge is 0.298 e. The van der Waals surface area contributed by atoms with Gasteiger partial charge < -0.3 is 5.32 Å². The average Bonchev–Trinajstić information content (AvgIpc) is 3.10. The van der Waals surface area contributed by atoms with E-state index in [-0.39, 0.29) is 21.2 Å². The monoisotopic (exact) mass is 481 g/mol. The summed E-state index contributed by atoms with van der Waals surface area (Å²) >= 11 is 6.53. The number of aryl methyl sites for hydroxylation is 1. The van der Waals surface area contributed by atoms with E-state index in [1.807, 2.05) is 6.92 Å². The molecular weight excluding hydrogens is 462 g/mol. The SMILES string of the molecule is C=C[C@H]1c2ccccc2N[C@@H]2N(S(=O)(=O)c3ccc(C)cc3)c3c(Cl)cccc3[C@@]21[N+](=O)[O-]. The van der Waals surface area contributed by atoms with E-state index >= 15 is 0 Å². The van der Waals surface area contributed by atoms with Gasteiger partial charge in [0.2, 0.25) is 0 Å². The van der Waals surface area contributed by atoms with Crippen LogP contribution in [0.25, 0.3) is 0 Å². The predicted octanol–water partition coefficient (Wildman–Crippen LogP) is 5.05. The van der Waals surface area contributed by atoms with Crippen LogP contribution < -0.4 is 9.62 Å². The number of nitrogens with one attached hydrogen (secondary N) is 1. The molecule has 0 bridgehead atoms. The molecular formula is C24H20ClN3O4S. The zero-order chi connectivity index (χ0) is 23.5. The summed E-state index contributed by atoms with van der Waals surface area (Å²) in [4.78, 5) is 12.5. The van der Waals surface area contributed by atoms with Gasteiger partial charge in [0.25, 0.3) is 15.6 Å². The summed E-state index contributed by atoms with van der Waals surface area (Å²) in [5.74, 6) is -0.801. The molecule has 2 heterocycles. The van der Waals surface area contributed by atoms with Crippen LogP contribution in [0, 0.1) is 17.0 Å². The molecule has 3 aromatic rings. The number of hydrogen-bond donors (Lipinski definition) is 1. The molecule has 5 rings (SSSR count). The van der Waals surface area contributed by atoms with Crippen molar-refractivity contribution in [2.45, 2.75) is 29.4 Å². The van der Waals surface area contributed by atoms with Gasteiger partial charge in [-0.2, -0.15) is 0 Å². The topological polar surface area (TPSA) is 92.6 Å². The summed E-state index contributed by atoms with van der Waals surface area (Å²) in [6.45, 7) is 5.74. The summed E-state index contributed by atoms with van der Waals surface area (Å²) in [5, 5.41) is 16.2. The number of halogens is 1. The van der Waals surface area contributed by atoms with Gasteiger partial charge in [-0.3, -0.25) is 10.1 Å². The number of hydrogen-bond acceptors (Lipinski definition) is 5. The molecule has 168 valence electrons. The Morgan fingerprint density at radius 2 is 1.82 bits per heavy atom. The highest BCUT2D eigenvalue weighted by atomic mass is 35.5. The predicted molar refractivity (Wildman–Crippen MR) is 128 cm³/mol. The van der Waals surface area contributed by atoms with Crippen molar-refractivity contribution in [2.24, 2.45) is 0 Å². The molecule has 0 spiro atoms. The molecule has 3 aromatic carbocycles. The molecule has 0 radical (unpaired) electrons. The fourth-order valence-corrected chi connectivity index (χ4v) is 6.96. The highest BCUT2D eigenvalue weighted by Gasteiger charge is 2.70. The van der Waals surface area contributed by atoms with E-state index in [9.17, 15) is 18.5 Å². The molecule has 2 aliphatic heterocycles. The Bertz CT molecular complexity index is 1410. The molecule has 1 N–H and O–H groups in total. The highest BCUT2D eigenvalue weighted by Crippen LogP contribution is 2.59. The lowest BCUT2D eigenvalue weighted by molar-refractivity contribution is -0.583. The number of benzene rings is 3. The average molecular weight is 482 g/mol. The molecule has 0 amide bonds. The van der Waals surface area contributed by atoms with Gasteiger partial charge in [0, 0.05) is 10.6 Å². The molecule has 9 heteroatoms. The minimum absolute atomic E-state index is 0.0222. The lowest BCUT2D eigenvalue weighted by Gasteiger charge is -2.41. The van der Waals surface area contributed by atoms with Crippen molar-refractivity contribution in [3.05, 3.63) is 111 Å². The number of sulfonamides is 1. The molecule has 0 fully saturated rings. The highest BCUT2D eigenvalue weighted by molar-refractivity contribution is 7.93. The Morgan fingerprint density at radius 1 is 1.12 bits per heavy atom. The number of rotatable bonds is 4. The Morgan fingerprint density at radius 3 is 2.48 bits per heavy atom.